The summed E-state index contributed by atoms with van der Waals surface area (Å²) in [4.78, 5) is 4.18. The zero-order valence-corrected chi connectivity index (χ0v) is 8.62. The first-order valence-corrected chi connectivity index (χ1v) is 4.02. The average Bonchev–Trinajstić information content (AvgIpc) is 2.17. The highest BCUT2D eigenvalue weighted by Gasteiger charge is 2.09. The first kappa shape index (κ1) is 10.8. The number of methoxy groups -OCH3 is 1. The molecule has 2 N–H and O–H groups in total. The second kappa shape index (κ2) is 4.30. The number of nitrogens with zero attached hydrogens (tertiary/aromatic N) is 2. The van der Waals surface area contributed by atoms with Gasteiger partial charge in [-0.15, -0.1) is 12.4 Å². The summed E-state index contributed by atoms with van der Waals surface area (Å²) in [5.41, 5.74) is 2.05. The number of hydrogen-bond donors (Lipinski definition) is 1. The van der Waals surface area contributed by atoms with Crippen LogP contribution < -0.4 is 10.6 Å². The van der Waals surface area contributed by atoms with E-state index in [1.165, 1.54) is 0 Å². The highest BCUT2D eigenvalue weighted by molar-refractivity contribution is 5.85. The highest BCUT2D eigenvalue weighted by atomic mass is 35.5. The Morgan fingerprint density at radius 2 is 2.29 bits per heavy atom. The van der Waals surface area contributed by atoms with Gasteiger partial charge in [0.25, 0.3) is 0 Å². The first-order valence-electron chi connectivity index (χ1n) is 4.02. The monoisotopic (exact) mass is 213 g/mol. The van der Waals surface area contributed by atoms with Crippen LogP contribution >= 0.6 is 12.4 Å². The fraction of sp³-hybridized carbons (Fsp3) is 0.222. The average molecular weight is 214 g/mol. The molecule has 0 aromatic heterocycles. The SMILES string of the molecule is COc1ccc2c(c1)N=CN(N)C2.Cl. The Bertz CT molecular complexity index is 354. The maximum Gasteiger partial charge on any atom is 0.121 e. The third-order valence-corrected chi connectivity index (χ3v) is 1.99. The highest BCUT2D eigenvalue weighted by Crippen LogP contribution is 2.27. The Hall–Kier alpha value is -1.26. The first-order chi connectivity index (χ1) is 6.29. The second-order valence-corrected chi connectivity index (χ2v) is 2.91. The molecule has 0 fully saturated rings. The summed E-state index contributed by atoms with van der Waals surface area (Å²) < 4.78 is 5.09. The third-order valence-electron chi connectivity index (χ3n) is 1.99. The minimum atomic E-state index is 0. The van der Waals surface area contributed by atoms with Crippen molar-refractivity contribution >= 4 is 24.4 Å². The summed E-state index contributed by atoms with van der Waals surface area (Å²) in [6, 6.07) is 5.79. The van der Waals surface area contributed by atoms with Crippen molar-refractivity contribution in [2.45, 2.75) is 6.54 Å². The second-order valence-electron chi connectivity index (χ2n) is 2.91. The maximum absolute atomic E-state index is 5.57. The van der Waals surface area contributed by atoms with Crippen LogP contribution in [0.15, 0.2) is 23.2 Å². The molecule has 5 heteroatoms. The van der Waals surface area contributed by atoms with E-state index >= 15 is 0 Å². The van der Waals surface area contributed by atoms with Crippen LogP contribution in [0.5, 0.6) is 5.75 Å². The van der Waals surface area contributed by atoms with Gasteiger partial charge in [-0.05, 0) is 11.6 Å². The summed E-state index contributed by atoms with van der Waals surface area (Å²) in [6.45, 7) is 0.697. The van der Waals surface area contributed by atoms with Crippen molar-refractivity contribution in [1.29, 1.82) is 0 Å². The van der Waals surface area contributed by atoms with E-state index in [4.69, 9.17) is 10.6 Å². The van der Waals surface area contributed by atoms with Gasteiger partial charge in [0.15, 0.2) is 0 Å². The summed E-state index contributed by atoms with van der Waals surface area (Å²) in [5, 5.41) is 1.55. The van der Waals surface area contributed by atoms with Gasteiger partial charge < -0.3 is 4.74 Å². The fourth-order valence-electron chi connectivity index (χ4n) is 1.30. The number of ether oxygens (including phenoxy) is 1. The maximum atomic E-state index is 5.57. The van der Waals surface area contributed by atoms with Crippen molar-refractivity contribution in [1.82, 2.24) is 5.01 Å². The predicted octanol–water partition coefficient (Wildman–Crippen LogP) is 1.47. The van der Waals surface area contributed by atoms with Crippen LogP contribution in [0.2, 0.25) is 0 Å². The summed E-state index contributed by atoms with van der Waals surface area (Å²) in [5.74, 6) is 6.39. The van der Waals surface area contributed by atoms with Crippen molar-refractivity contribution in [2.75, 3.05) is 7.11 Å². The van der Waals surface area contributed by atoms with E-state index in [-0.39, 0.29) is 12.4 Å². The lowest BCUT2D eigenvalue weighted by atomic mass is 10.1. The minimum Gasteiger partial charge on any atom is -0.497 e. The Labute approximate surface area is 88.8 Å². The van der Waals surface area contributed by atoms with Crippen molar-refractivity contribution in [3.63, 3.8) is 0 Å². The van der Waals surface area contributed by atoms with Gasteiger partial charge in [0.05, 0.1) is 19.3 Å². The van der Waals surface area contributed by atoms with Crippen molar-refractivity contribution in [3.8, 4) is 5.75 Å². The quantitative estimate of drug-likeness (QED) is 0.719. The Kier molecular flexibility index (Phi) is 3.33. The van der Waals surface area contributed by atoms with Crippen LogP contribution in [0.4, 0.5) is 5.69 Å². The van der Waals surface area contributed by atoms with Crippen molar-refractivity contribution in [2.24, 2.45) is 10.8 Å². The Balaban J connectivity index is 0.000000980. The fourth-order valence-corrected chi connectivity index (χ4v) is 1.30. The molecule has 4 nitrogen and oxygen atoms in total. The lowest BCUT2D eigenvalue weighted by Crippen LogP contribution is -2.30. The molecular formula is C9H12ClN3O. The molecule has 0 saturated carbocycles. The van der Waals surface area contributed by atoms with Crippen LogP contribution in [0.3, 0.4) is 0 Å². The molecule has 76 valence electrons. The van der Waals surface area contributed by atoms with Crippen molar-refractivity contribution in [3.05, 3.63) is 23.8 Å². The molecule has 0 radical (unpaired) electrons. The van der Waals surface area contributed by atoms with Gasteiger partial charge in [0.2, 0.25) is 0 Å². The lowest BCUT2D eigenvalue weighted by molar-refractivity contribution is 0.412. The van der Waals surface area contributed by atoms with Crippen LogP contribution in [-0.2, 0) is 6.54 Å². The van der Waals surface area contributed by atoms with Gasteiger partial charge >= 0.3 is 0 Å². The van der Waals surface area contributed by atoms with E-state index < -0.39 is 0 Å². The Morgan fingerprint density at radius 3 is 3.00 bits per heavy atom. The molecule has 0 aliphatic carbocycles. The molecule has 1 aromatic rings. The number of nitrogens with two attached hydrogens (primary N) is 1. The van der Waals surface area contributed by atoms with Crippen LogP contribution in [0.1, 0.15) is 5.56 Å². The molecule has 0 atom stereocenters. The van der Waals surface area contributed by atoms with Crippen LogP contribution in [0.25, 0.3) is 0 Å². The van der Waals surface area contributed by atoms with E-state index in [1.54, 1.807) is 18.5 Å². The van der Waals surface area contributed by atoms with E-state index in [1.807, 2.05) is 18.2 Å². The number of rotatable bonds is 1. The summed E-state index contributed by atoms with van der Waals surface area (Å²) in [6.07, 6.45) is 1.61. The van der Waals surface area contributed by atoms with Gasteiger partial charge in [0.1, 0.15) is 12.1 Å². The smallest absolute Gasteiger partial charge is 0.121 e. The van der Waals surface area contributed by atoms with Gasteiger partial charge in [0, 0.05) is 6.07 Å². The Morgan fingerprint density at radius 1 is 1.50 bits per heavy atom. The normalized spacial score (nSPS) is 13.1. The topological polar surface area (TPSA) is 50.8 Å². The van der Waals surface area contributed by atoms with E-state index in [0.717, 1.165) is 17.0 Å². The number of hydrogen-bond acceptors (Lipinski definition) is 4. The molecule has 0 unspecified atom stereocenters. The number of fused-ring (bicyclic) bond motifs is 1. The van der Waals surface area contributed by atoms with Crippen LogP contribution in [0, 0.1) is 0 Å². The number of aliphatic imine (C=N–C) groups is 1. The minimum absolute atomic E-state index is 0. The number of benzene rings is 1. The van der Waals surface area contributed by atoms with Gasteiger partial charge in [-0.1, -0.05) is 6.07 Å². The largest absolute Gasteiger partial charge is 0.497 e. The van der Waals surface area contributed by atoms with Gasteiger partial charge in [-0.25, -0.2) is 10.8 Å². The molecular weight excluding hydrogens is 202 g/mol. The molecule has 0 saturated heterocycles. The molecule has 14 heavy (non-hydrogen) atoms. The van der Waals surface area contributed by atoms with Crippen LogP contribution in [-0.4, -0.2) is 18.5 Å². The molecule has 0 spiro atoms. The molecule has 1 aliphatic rings. The molecule has 1 aromatic carbocycles. The third kappa shape index (κ3) is 1.97. The van der Waals surface area contributed by atoms with E-state index in [9.17, 15) is 0 Å². The zero-order chi connectivity index (χ0) is 9.26. The van der Waals surface area contributed by atoms with Gasteiger partial charge in [-0.2, -0.15) is 0 Å². The standard InChI is InChI=1S/C9H11N3O.ClH/c1-13-8-3-2-7-5-12(10)6-11-9(7)4-8;/h2-4,6H,5,10H2,1H3;1H. The van der Waals surface area contributed by atoms with E-state index in [0.29, 0.717) is 6.54 Å². The van der Waals surface area contributed by atoms with Crippen molar-refractivity contribution < 1.29 is 4.74 Å². The molecule has 2 rings (SSSR count). The molecule has 0 bridgehead atoms. The molecule has 1 heterocycles. The molecule has 1 aliphatic heterocycles. The number of hydrazine groups is 1. The predicted molar refractivity (Wildman–Crippen MR) is 58.1 cm³/mol. The summed E-state index contributed by atoms with van der Waals surface area (Å²) >= 11 is 0. The van der Waals surface area contributed by atoms with Gasteiger partial charge in [-0.3, -0.25) is 5.01 Å². The molecule has 0 amide bonds. The summed E-state index contributed by atoms with van der Waals surface area (Å²) in [7, 11) is 1.64. The lowest BCUT2D eigenvalue weighted by Gasteiger charge is -2.19. The number of halogens is 1. The zero-order valence-electron chi connectivity index (χ0n) is 7.80. The van der Waals surface area contributed by atoms with E-state index in [2.05, 4.69) is 4.99 Å².